The molecule has 1 aromatic heterocycles. The predicted molar refractivity (Wildman–Crippen MR) is 91.3 cm³/mol. The zero-order valence-corrected chi connectivity index (χ0v) is 13.6. The topological polar surface area (TPSA) is 61.5 Å². The fourth-order valence-electron chi connectivity index (χ4n) is 3.65. The first kappa shape index (κ1) is 15.2. The lowest BCUT2D eigenvalue weighted by Gasteiger charge is -2.35. The third-order valence-corrected chi connectivity index (χ3v) is 4.86. The highest BCUT2D eigenvalue weighted by atomic mass is 16.5. The number of nitrogens with zero attached hydrogens (tertiary/aromatic N) is 3. The van der Waals surface area contributed by atoms with Crippen LogP contribution in [0, 0.1) is 0 Å². The van der Waals surface area contributed by atoms with E-state index in [-0.39, 0.29) is 5.91 Å². The third-order valence-electron chi connectivity index (χ3n) is 4.86. The van der Waals surface area contributed by atoms with Gasteiger partial charge in [0, 0.05) is 24.4 Å². The summed E-state index contributed by atoms with van der Waals surface area (Å²) in [5, 5.41) is 7.12. The summed E-state index contributed by atoms with van der Waals surface area (Å²) in [5.74, 6) is 1.38. The smallest absolute Gasteiger partial charge is 0.241 e. The lowest BCUT2D eigenvalue weighted by Crippen LogP contribution is -2.46. The van der Waals surface area contributed by atoms with E-state index in [0.29, 0.717) is 25.6 Å². The molecule has 1 N–H and O–H groups in total. The molecule has 1 fully saturated rings. The van der Waals surface area contributed by atoms with Crippen molar-refractivity contribution in [3.8, 4) is 5.75 Å². The minimum absolute atomic E-state index is 0.149. The lowest BCUT2D eigenvalue weighted by atomic mass is 9.95. The highest BCUT2D eigenvalue weighted by Gasteiger charge is 2.28. The number of aromatic amines is 1. The maximum Gasteiger partial charge on any atom is 0.241 e. The summed E-state index contributed by atoms with van der Waals surface area (Å²) in [6, 6.07) is 9.80. The SMILES string of the molecule is O=C(CN1CCC[C@H](c2ccn[nH]2)C1)N1CCOc2ccccc21. The van der Waals surface area contributed by atoms with Crippen LogP contribution in [0.25, 0.3) is 0 Å². The Balaban J connectivity index is 1.43. The number of hydrogen-bond acceptors (Lipinski definition) is 4. The highest BCUT2D eigenvalue weighted by molar-refractivity contribution is 5.96. The van der Waals surface area contributed by atoms with E-state index in [9.17, 15) is 4.79 Å². The number of H-pyrrole nitrogens is 1. The summed E-state index contributed by atoms with van der Waals surface area (Å²) in [7, 11) is 0. The molecule has 1 atom stereocenters. The second kappa shape index (κ2) is 6.65. The van der Waals surface area contributed by atoms with E-state index in [0.717, 1.165) is 37.4 Å². The van der Waals surface area contributed by atoms with Gasteiger partial charge in [0.1, 0.15) is 12.4 Å². The van der Waals surface area contributed by atoms with Gasteiger partial charge >= 0.3 is 0 Å². The summed E-state index contributed by atoms with van der Waals surface area (Å²) >= 11 is 0. The Hall–Kier alpha value is -2.34. The molecular weight excluding hydrogens is 304 g/mol. The Morgan fingerprint density at radius 3 is 3.08 bits per heavy atom. The number of likely N-dealkylation sites (tertiary alicyclic amines) is 1. The average molecular weight is 326 g/mol. The third kappa shape index (κ3) is 3.01. The molecule has 1 aromatic carbocycles. The maximum atomic E-state index is 12.8. The van der Waals surface area contributed by atoms with Gasteiger partial charge in [0.05, 0.1) is 18.8 Å². The summed E-state index contributed by atoms with van der Waals surface area (Å²) in [4.78, 5) is 16.9. The molecule has 24 heavy (non-hydrogen) atoms. The number of aromatic nitrogens is 2. The Morgan fingerprint density at radius 2 is 2.21 bits per heavy atom. The van der Waals surface area contributed by atoms with Crippen LogP contribution in [0.3, 0.4) is 0 Å². The van der Waals surface area contributed by atoms with Crippen LogP contribution in [0.2, 0.25) is 0 Å². The average Bonchev–Trinajstić information content (AvgIpc) is 3.16. The van der Waals surface area contributed by atoms with Gasteiger partial charge in [-0.05, 0) is 37.6 Å². The van der Waals surface area contributed by atoms with Crippen LogP contribution in [0.4, 0.5) is 5.69 Å². The highest BCUT2D eigenvalue weighted by Crippen LogP contribution is 2.31. The van der Waals surface area contributed by atoms with Crippen LogP contribution < -0.4 is 9.64 Å². The molecule has 1 amide bonds. The van der Waals surface area contributed by atoms with Gasteiger partial charge < -0.3 is 9.64 Å². The molecule has 0 radical (unpaired) electrons. The Bertz CT molecular complexity index is 701. The van der Waals surface area contributed by atoms with Crippen molar-refractivity contribution in [2.45, 2.75) is 18.8 Å². The lowest BCUT2D eigenvalue weighted by molar-refractivity contribution is -0.120. The van der Waals surface area contributed by atoms with Crippen molar-refractivity contribution in [2.24, 2.45) is 0 Å². The molecular formula is C18H22N4O2. The number of amides is 1. The number of hydrogen-bond donors (Lipinski definition) is 1. The number of carbonyl (C=O) groups is 1. The molecule has 0 bridgehead atoms. The molecule has 2 aromatic rings. The van der Waals surface area contributed by atoms with E-state index in [2.05, 4.69) is 15.1 Å². The molecule has 4 rings (SSSR count). The normalized spacial score (nSPS) is 21.2. The Kier molecular flexibility index (Phi) is 4.21. The van der Waals surface area contributed by atoms with E-state index < -0.39 is 0 Å². The summed E-state index contributed by atoms with van der Waals surface area (Å²) < 4.78 is 5.64. The Labute approximate surface area is 141 Å². The second-order valence-electron chi connectivity index (χ2n) is 6.45. The predicted octanol–water partition coefficient (Wildman–Crippen LogP) is 2.01. The number of benzene rings is 1. The van der Waals surface area contributed by atoms with E-state index in [1.165, 1.54) is 5.69 Å². The van der Waals surface area contributed by atoms with Crippen molar-refractivity contribution in [1.82, 2.24) is 15.1 Å². The zero-order chi connectivity index (χ0) is 16.4. The minimum atomic E-state index is 0.149. The van der Waals surface area contributed by atoms with Gasteiger partial charge in [-0.3, -0.25) is 14.8 Å². The van der Waals surface area contributed by atoms with Gasteiger partial charge in [0.2, 0.25) is 5.91 Å². The standard InChI is InChI=1S/C18H22N4O2/c23-18(22-10-11-24-17-6-2-1-5-16(17)22)13-21-9-3-4-14(12-21)15-7-8-19-20-15/h1-2,5-8,14H,3-4,9-13H2,(H,19,20)/t14-/m0/s1. The number of ether oxygens (including phenoxy) is 1. The maximum absolute atomic E-state index is 12.8. The van der Waals surface area contributed by atoms with E-state index in [1.54, 1.807) is 6.20 Å². The van der Waals surface area contributed by atoms with Crippen LogP contribution >= 0.6 is 0 Å². The molecule has 0 aliphatic carbocycles. The number of para-hydroxylation sites is 2. The number of nitrogens with one attached hydrogen (secondary N) is 1. The van der Waals surface area contributed by atoms with Crippen LogP contribution in [-0.2, 0) is 4.79 Å². The van der Waals surface area contributed by atoms with Crippen LogP contribution in [0.1, 0.15) is 24.5 Å². The van der Waals surface area contributed by atoms with Crippen molar-refractivity contribution >= 4 is 11.6 Å². The van der Waals surface area contributed by atoms with E-state index in [4.69, 9.17) is 4.74 Å². The number of anilines is 1. The van der Waals surface area contributed by atoms with Gasteiger partial charge in [-0.15, -0.1) is 0 Å². The number of fused-ring (bicyclic) bond motifs is 1. The molecule has 0 spiro atoms. The molecule has 2 aliphatic heterocycles. The first-order valence-corrected chi connectivity index (χ1v) is 8.55. The van der Waals surface area contributed by atoms with Crippen LogP contribution in [0.15, 0.2) is 36.5 Å². The van der Waals surface area contributed by atoms with Crippen molar-refractivity contribution in [3.05, 3.63) is 42.2 Å². The fraction of sp³-hybridized carbons (Fsp3) is 0.444. The molecule has 126 valence electrons. The molecule has 6 nitrogen and oxygen atoms in total. The van der Waals surface area contributed by atoms with Crippen LogP contribution in [0.5, 0.6) is 5.75 Å². The minimum Gasteiger partial charge on any atom is -0.490 e. The molecule has 6 heteroatoms. The second-order valence-corrected chi connectivity index (χ2v) is 6.45. The van der Waals surface area contributed by atoms with Gasteiger partial charge in [0.15, 0.2) is 0 Å². The van der Waals surface area contributed by atoms with Crippen molar-refractivity contribution in [3.63, 3.8) is 0 Å². The molecule has 1 saturated heterocycles. The molecule has 2 aliphatic rings. The first-order chi connectivity index (χ1) is 11.8. The number of piperidine rings is 1. The van der Waals surface area contributed by atoms with Gasteiger partial charge in [-0.2, -0.15) is 5.10 Å². The quantitative estimate of drug-likeness (QED) is 0.937. The monoisotopic (exact) mass is 326 g/mol. The molecule has 3 heterocycles. The van der Waals surface area contributed by atoms with Gasteiger partial charge in [-0.1, -0.05) is 12.1 Å². The summed E-state index contributed by atoms with van der Waals surface area (Å²) in [6.07, 6.45) is 4.05. The van der Waals surface area contributed by atoms with Gasteiger partial charge in [0.25, 0.3) is 0 Å². The largest absolute Gasteiger partial charge is 0.490 e. The molecule has 0 unspecified atom stereocenters. The zero-order valence-electron chi connectivity index (χ0n) is 13.6. The van der Waals surface area contributed by atoms with Crippen molar-refractivity contribution in [2.75, 3.05) is 37.7 Å². The Morgan fingerprint density at radius 1 is 1.29 bits per heavy atom. The van der Waals surface area contributed by atoms with Gasteiger partial charge in [-0.25, -0.2) is 0 Å². The fourth-order valence-corrected chi connectivity index (χ4v) is 3.65. The van der Waals surface area contributed by atoms with Crippen LogP contribution in [-0.4, -0.2) is 53.8 Å². The number of carbonyl (C=O) groups excluding carboxylic acids is 1. The van der Waals surface area contributed by atoms with Crippen molar-refractivity contribution < 1.29 is 9.53 Å². The summed E-state index contributed by atoms with van der Waals surface area (Å²) in [6.45, 7) is 3.51. The van der Waals surface area contributed by atoms with E-state index >= 15 is 0 Å². The first-order valence-electron chi connectivity index (χ1n) is 8.55. The molecule has 0 saturated carbocycles. The van der Waals surface area contributed by atoms with E-state index in [1.807, 2.05) is 35.2 Å². The van der Waals surface area contributed by atoms with Crippen molar-refractivity contribution in [1.29, 1.82) is 0 Å². The number of rotatable bonds is 3. The summed E-state index contributed by atoms with van der Waals surface area (Å²) in [5.41, 5.74) is 2.06.